The van der Waals surface area contributed by atoms with Crippen LogP contribution in [0.5, 0.6) is 5.75 Å². The zero-order valence-electron chi connectivity index (χ0n) is 15.4. The SMILES string of the molecule is Cc1cc(F)ccc1-n1nc(C(F)(F)F)cc1-c1ccc2c(c1)N(C)C(=O)CO2. The topological polar surface area (TPSA) is 47.4 Å². The van der Waals surface area contributed by atoms with Gasteiger partial charge in [-0.1, -0.05) is 0 Å². The van der Waals surface area contributed by atoms with Crippen LogP contribution >= 0.6 is 0 Å². The average Bonchev–Trinajstić information content (AvgIpc) is 3.10. The molecule has 0 saturated heterocycles. The third-order valence-electron chi connectivity index (χ3n) is 4.73. The Hall–Kier alpha value is -3.36. The quantitative estimate of drug-likeness (QED) is 0.596. The van der Waals surface area contributed by atoms with Gasteiger partial charge < -0.3 is 9.64 Å². The fourth-order valence-corrected chi connectivity index (χ4v) is 3.20. The summed E-state index contributed by atoms with van der Waals surface area (Å²) in [5.41, 5.74) is 0.666. The van der Waals surface area contributed by atoms with E-state index in [0.717, 1.165) is 16.8 Å². The lowest BCUT2D eigenvalue weighted by molar-refractivity contribution is -0.141. The van der Waals surface area contributed by atoms with E-state index < -0.39 is 17.7 Å². The number of rotatable bonds is 2. The number of aromatic nitrogens is 2. The number of nitrogens with zero attached hydrogens (tertiary/aromatic N) is 3. The summed E-state index contributed by atoms with van der Waals surface area (Å²) in [6, 6.07) is 9.44. The van der Waals surface area contributed by atoms with Crippen LogP contribution in [0, 0.1) is 12.7 Å². The van der Waals surface area contributed by atoms with Crippen molar-refractivity contribution in [3.8, 4) is 22.7 Å². The maximum Gasteiger partial charge on any atom is 0.435 e. The number of likely N-dealkylation sites (N-methyl/N-ethyl adjacent to an activating group) is 1. The molecule has 1 aromatic heterocycles. The first kappa shape index (κ1) is 19.0. The average molecular weight is 405 g/mol. The van der Waals surface area contributed by atoms with Crippen LogP contribution in [0.4, 0.5) is 23.2 Å². The standard InChI is InChI=1S/C20H15F4N3O2/c1-11-7-13(21)4-5-14(11)27-15(9-18(25-27)20(22,23)24)12-3-6-17-16(8-12)26(2)19(28)10-29-17/h3-9H,10H2,1-2H3. The minimum Gasteiger partial charge on any atom is -0.482 e. The lowest BCUT2D eigenvalue weighted by atomic mass is 10.1. The molecule has 150 valence electrons. The van der Waals surface area contributed by atoms with Crippen molar-refractivity contribution in [2.75, 3.05) is 18.6 Å². The van der Waals surface area contributed by atoms with Gasteiger partial charge in [0.15, 0.2) is 12.3 Å². The molecule has 0 fully saturated rings. The minimum absolute atomic E-state index is 0.103. The molecule has 2 aromatic carbocycles. The maximum atomic E-state index is 13.5. The number of anilines is 1. The third kappa shape index (κ3) is 3.32. The molecule has 3 aromatic rings. The Morgan fingerprint density at radius 2 is 1.83 bits per heavy atom. The van der Waals surface area contributed by atoms with Crippen molar-refractivity contribution in [3.05, 3.63) is 59.5 Å². The van der Waals surface area contributed by atoms with Crippen molar-refractivity contribution in [2.45, 2.75) is 13.1 Å². The first-order chi connectivity index (χ1) is 13.6. The van der Waals surface area contributed by atoms with Crippen LogP contribution in [-0.2, 0) is 11.0 Å². The summed E-state index contributed by atoms with van der Waals surface area (Å²) in [7, 11) is 1.57. The van der Waals surface area contributed by atoms with Gasteiger partial charge in [0, 0.05) is 12.6 Å². The summed E-state index contributed by atoms with van der Waals surface area (Å²) >= 11 is 0. The van der Waals surface area contributed by atoms with E-state index in [0.29, 0.717) is 28.3 Å². The Morgan fingerprint density at radius 1 is 1.07 bits per heavy atom. The van der Waals surface area contributed by atoms with Gasteiger partial charge in [-0.25, -0.2) is 9.07 Å². The van der Waals surface area contributed by atoms with Crippen LogP contribution in [0.2, 0.25) is 0 Å². The third-order valence-corrected chi connectivity index (χ3v) is 4.73. The van der Waals surface area contributed by atoms with Crippen LogP contribution in [0.1, 0.15) is 11.3 Å². The van der Waals surface area contributed by atoms with Gasteiger partial charge in [0.1, 0.15) is 11.6 Å². The van der Waals surface area contributed by atoms with Gasteiger partial charge in [-0.2, -0.15) is 18.3 Å². The molecular weight excluding hydrogens is 390 g/mol. The first-order valence-corrected chi connectivity index (χ1v) is 8.63. The van der Waals surface area contributed by atoms with Crippen molar-refractivity contribution in [2.24, 2.45) is 0 Å². The molecule has 1 amide bonds. The summed E-state index contributed by atoms with van der Waals surface area (Å²) < 4.78 is 60.1. The Balaban J connectivity index is 1.92. The van der Waals surface area contributed by atoms with E-state index >= 15 is 0 Å². The predicted octanol–water partition coefficient (Wildman–Crippen LogP) is 4.36. The lowest BCUT2D eigenvalue weighted by Gasteiger charge is -2.26. The molecule has 0 aliphatic carbocycles. The van der Waals surface area contributed by atoms with E-state index in [1.54, 1.807) is 32.2 Å². The number of aryl methyl sites for hydroxylation is 1. The highest BCUT2D eigenvalue weighted by molar-refractivity contribution is 5.98. The number of fused-ring (bicyclic) bond motifs is 1. The molecule has 29 heavy (non-hydrogen) atoms. The molecule has 0 spiro atoms. The molecule has 2 heterocycles. The first-order valence-electron chi connectivity index (χ1n) is 8.63. The largest absolute Gasteiger partial charge is 0.482 e. The second kappa shape index (κ2) is 6.61. The maximum absolute atomic E-state index is 13.5. The number of hydrogen-bond acceptors (Lipinski definition) is 3. The molecule has 0 N–H and O–H groups in total. The zero-order chi connectivity index (χ0) is 20.9. The number of alkyl halides is 3. The molecule has 5 nitrogen and oxygen atoms in total. The number of carbonyl (C=O) groups is 1. The van der Waals surface area contributed by atoms with Gasteiger partial charge in [-0.15, -0.1) is 0 Å². The van der Waals surface area contributed by atoms with Gasteiger partial charge in [0.25, 0.3) is 5.91 Å². The smallest absolute Gasteiger partial charge is 0.435 e. The van der Waals surface area contributed by atoms with Crippen molar-refractivity contribution in [1.29, 1.82) is 0 Å². The fraction of sp³-hybridized carbons (Fsp3) is 0.200. The number of benzene rings is 2. The van der Waals surface area contributed by atoms with Crippen LogP contribution in [0.3, 0.4) is 0 Å². The second-order valence-electron chi connectivity index (χ2n) is 6.68. The molecule has 0 radical (unpaired) electrons. The number of halogens is 4. The molecule has 4 rings (SSSR count). The Bertz CT molecular complexity index is 1120. The van der Waals surface area contributed by atoms with Gasteiger partial charge in [0.2, 0.25) is 0 Å². The summed E-state index contributed by atoms with van der Waals surface area (Å²) in [5, 5.41) is 3.72. The normalized spacial score (nSPS) is 14.0. The van der Waals surface area contributed by atoms with Crippen molar-refractivity contribution in [1.82, 2.24) is 9.78 Å². The Morgan fingerprint density at radius 3 is 2.52 bits per heavy atom. The molecule has 0 atom stereocenters. The van der Waals surface area contributed by atoms with Crippen LogP contribution < -0.4 is 9.64 Å². The summed E-state index contributed by atoms with van der Waals surface area (Å²) in [6.45, 7) is 1.48. The lowest BCUT2D eigenvalue weighted by Crippen LogP contribution is -2.35. The molecule has 1 aliphatic rings. The van der Waals surface area contributed by atoms with Gasteiger partial charge in [0.05, 0.1) is 17.1 Å². The van der Waals surface area contributed by atoms with Crippen molar-refractivity contribution >= 4 is 11.6 Å². The van der Waals surface area contributed by atoms with E-state index in [9.17, 15) is 22.4 Å². The van der Waals surface area contributed by atoms with E-state index in [1.165, 1.54) is 17.0 Å². The fourth-order valence-electron chi connectivity index (χ4n) is 3.20. The van der Waals surface area contributed by atoms with Crippen molar-refractivity contribution < 1.29 is 27.1 Å². The van der Waals surface area contributed by atoms with Crippen molar-refractivity contribution in [3.63, 3.8) is 0 Å². The summed E-state index contributed by atoms with van der Waals surface area (Å²) in [6.07, 6.45) is -4.65. The van der Waals surface area contributed by atoms with E-state index in [-0.39, 0.29) is 18.2 Å². The summed E-state index contributed by atoms with van der Waals surface area (Å²) in [4.78, 5) is 13.3. The number of ether oxygens (including phenoxy) is 1. The molecular formula is C20H15F4N3O2. The monoisotopic (exact) mass is 405 g/mol. The number of carbonyl (C=O) groups excluding carboxylic acids is 1. The Kier molecular flexibility index (Phi) is 4.33. The van der Waals surface area contributed by atoms with E-state index in [4.69, 9.17) is 4.74 Å². The van der Waals surface area contributed by atoms with Gasteiger partial charge >= 0.3 is 6.18 Å². The highest BCUT2D eigenvalue weighted by atomic mass is 19.4. The van der Waals surface area contributed by atoms with Gasteiger partial charge in [-0.3, -0.25) is 4.79 Å². The van der Waals surface area contributed by atoms with Gasteiger partial charge in [-0.05, 0) is 55.0 Å². The molecule has 1 aliphatic heterocycles. The van der Waals surface area contributed by atoms with Crippen LogP contribution in [0.15, 0.2) is 42.5 Å². The molecule has 0 bridgehead atoms. The highest BCUT2D eigenvalue weighted by Gasteiger charge is 2.35. The summed E-state index contributed by atoms with van der Waals surface area (Å²) in [5.74, 6) is -0.313. The molecule has 9 heteroatoms. The zero-order valence-corrected chi connectivity index (χ0v) is 15.4. The molecule has 0 saturated carbocycles. The molecule has 0 unspecified atom stereocenters. The van der Waals surface area contributed by atoms with E-state index in [1.807, 2.05) is 0 Å². The van der Waals surface area contributed by atoms with Crippen LogP contribution in [0.25, 0.3) is 16.9 Å². The highest BCUT2D eigenvalue weighted by Crippen LogP contribution is 2.38. The Labute approximate surface area is 163 Å². The predicted molar refractivity (Wildman–Crippen MR) is 97.6 cm³/mol. The number of hydrogen-bond donors (Lipinski definition) is 0. The van der Waals surface area contributed by atoms with Crippen LogP contribution in [-0.4, -0.2) is 29.3 Å². The number of amides is 1. The minimum atomic E-state index is -4.65. The van der Waals surface area contributed by atoms with E-state index in [2.05, 4.69) is 5.10 Å². The second-order valence-corrected chi connectivity index (χ2v) is 6.68.